The lowest BCUT2D eigenvalue weighted by atomic mass is 9.75. The van der Waals surface area contributed by atoms with Gasteiger partial charge in [-0.15, -0.1) is 0 Å². The zero-order valence-electron chi connectivity index (χ0n) is 9.58. The molecule has 0 amide bonds. The van der Waals surface area contributed by atoms with Crippen molar-refractivity contribution in [2.24, 2.45) is 11.7 Å². The molecular formula is C13H18ClNO. The molecule has 88 valence electrons. The number of halogens is 1. The van der Waals surface area contributed by atoms with Crippen molar-refractivity contribution in [3.05, 3.63) is 34.9 Å². The lowest BCUT2D eigenvalue weighted by molar-refractivity contribution is -0.0441. The third-order valence-electron chi connectivity index (χ3n) is 3.42. The van der Waals surface area contributed by atoms with Gasteiger partial charge in [0, 0.05) is 22.9 Å². The summed E-state index contributed by atoms with van der Waals surface area (Å²) < 4.78 is 5.22. The minimum Gasteiger partial charge on any atom is -0.381 e. The van der Waals surface area contributed by atoms with Gasteiger partial charge in [-0.25, -0.2) is 0 Å². The summed E-state index contributed by atoms with van der Waals surface area (Å²) in [6, 6.07) is 8.02. The molecule has 1 aromatic rings. The standard InChI is InChI=1S/C13H18ClNO/c1-13(9-15,6-10-7-16-8-10)11-3-2-4-12(14)5-11/h2-5,10H,6-9,15H2,1H3. The van der Waals surface area contributed by atoms with E-state index in [0.717, 1.165) is 24.7 Å². The number of ether oxygens (including phenoxy) is 1. The Morgan fingerprint density at radius 1 is 1.50 bits per heavy atom. The molecule has 0 saturated carbocycles. The number of benzene rings is 1. The van der Waals surface area contributed by atoms with E-state index in [4.69, 9.17) is 22.1 Å². The fraction of sp³-hybridized carbons (Fsp3) is 0.538. The van der Waals surface area contributed by atoms with Crippen molar-refractivity contribution in [2.75, 3.05) is 19.8 Å². The molecule has 0 radical (unpaired) electrons. The molecule has 0 aromatic heterocycles. The van der Waals surface area contributed by atoms with Crippen LogP contribution in [0.5, 0.6) is 0 Å². The molecule has 2 N–H and O–H groups in total. The summed E-state index contributed by atoms with van der Waals surface area (Å²) in [4.78, 5) is 0. The Labute approximate surface area is 102 Å². The highest BCUT2D eigenvalue weighted by Crippen LogP contribution is 2.33. The largest absolute Gasteiger partial charge is 0.381 e. The monoisotopic (exact) mass is 239 g/mol. The van der Waals surface area contributed by atoms with Crippen molar-refractivity contribution in [2.45, 2.75) is 18.8 Å². The Morgan fingerprint density at radius 3 is 2.75 bits per heavy atom. The van der Waals surface area contributed by atoms with Gasteiger partial charge in [0.25, 0.3) is 0 Å². The number of nitrogens with two attached hydrogens (primary N) is 1. The van der Waals surface area contributed by atoms with E-state index in [0.29, 0.717) is 12.5 Å². The summed E-state index contributed by atoms with van der Waals surface area (Å²) in [5.74, 6) is 0.646. The fourth-order valence-electron chi connectivity index (χ4n) is 2.22. The van der Waals surface area contributed by atoms with Gasteiger partial charge >= 0.3 is 0 Å². The van der Waals surface area contributed by atoms with Crippen LogP contribution in [-0.2, 0) is 10.2 Å². The molecular weight excluding hydrogens is 222 g/mol. The molecule has 2 rings (SSSR count). The molecule has 1 aromatic carbocycles. The number of rotatable bonds is 4. The van der Waals surface area contributed by atoms with Crippen LogP contribution < -0.4 is 5.73 Å². The van der Waals surface area contributed by atoms with Crippen LogP contribution >= 0.6 is 11.6 Å². The zero-order valence-corrected chi connectivity index (χ0v) is 10.3. The molecule has 1 heterocycles. The van der Waals surface area contributed by atoms with Crippen molar-refractivity contribution < 1.29 is 4.74 Å². The van der Waals surface area contributed by atoms with Gasteiger partial charge in [0.2, 0.25) is 0 Å². The smallest absolute Gasteiger partial charge is 0.0516 e. The third-order valence-corrected chi connectivity index (χ3v) is 3.65. The maximum atomic E-state index is 6.03. The van der Waals surface area contributed by atoms with Crippen LogP contribution in [-0.4, -0.2) is 19.8 Å². The Bertz CT molecular complexity index is 365. The molecule has 1 aliphatic heterocycles. The third kappa shape index (κ3) is 2.40. The Kier molecular flexibility index (Phi) is 3.53. The van der Waals surface area contributed by atoms with Crippen LogP contribution in [0, 0.1) is 5.92 Å². The summed E-state index contributed by atoms with van der Waals surface area (Å²) >= 11 is 6.03. The predicted octanol–water partition coefficient (Wildman–Crippen LogP) is 2.59. The van der Waals surface area contributed by atoms with E-state index in [-0.39, 0.29) is 5.41 Å². The maximum absolute atomic E-state index is 6.03. The second-order valence-corrected chi connectivity index (χ2v) is 5.32. The topological polar surface area (TPSA) is 35.2 Å². The van der Waals surface area contributed by atoms with E-state index in [2.05, 4.69) is 13.0 Å². The van der Waals surface area contributed by atoms with Gasteiger partial charge in [0.15, 0.2) is 0 Å². The molecule has 1 fully saturated rings. The van der Waals surface area contributed by atoms with Crippen LogP contribution in [0.4, 0.5) is 0 Å². The molecule has 0 bridgehead atoms. The molecule has 16 heavy (non-hydrogen) atoms. The normalized spacial score (nSPS) is 20.2. The lowest BCUT2D eigenvalue weighted by Gasteiger charge is -2.36. The average molecular weight is 240 g/mol. The molecule has 2 nitrogen and oxygen atoms in total. The first-order valence-corrected chi connectivity index (χ1v) is 6.06. The first-order chi connectivity index (χ1) is 7.64. The maximum Gasteiger partial charge on any atom is 0.0516 e. The highest BCUT2D eigenvalue weighted by Gasteiger charge is 2.32. The SMILES string of the molecule is CC(CN)(CC1COC1)c1cccc(Cl)c1. The van der Waals surface area contributed by atoms with E-state index >= 15 is 0 Å². The van der Waals surface area contributed by atoms with Gasteiger partial charge in [-0.3, -0.25) is 0 Å². The van der Waals surface area contributed by atoms with Gasteiger partial charge in [0.1, 0.15) is 0 Å². The van der Waals surface area contributed by atoms with Crippen molar-refractivity contribution >= 4 is 11.6 Å². The first-order valence-electron chi connectivity index (χ1n) is 5.68. The van der Waals surface area contributed by atoms with E-state index in [1.165, 1.54) is 5.56 Å². The van der Waals surface area contributed by atoms with Gasteiger partial charge < -0.3 is 10.5 Å². The van der Waals surface area contributed by atoms with Crippen LogP contribution in [0.3, 0.4) is 0 Å². The quantitative estimate of drug-likeness (QED) is 0.877. The minimum atomic E-state index is 0.0132. The fourth-order valence-corrected chi connectivity index (χ4v) is 2.41. The van der Waals surface area contributed by atoms with Crippen LogP contribution in [0.25, 0.3) is 0 Å². The van der Waals surface area contributed by atoms with Crippen molar-refractivity contribution in [3.8, 4) is 0 Å². The van der Waals surface area contributed by atoms with Gasteiger partial charge in [-0.1, -0.05) is 30.7 Å². The zero-order chi connectivity index (χ0) is 11.6. The summed E-state index contributed by atoms with van der Waals surface area (Å²) in [6.07, 6.45) is 1.07. The molecule has 0 aliphatic carbocycles. The number of hydrogen-bond donors (Lipinski definition) is 1. The van der Waals surface area contributed by atoms with Crippen LogP contribution in [0.2, 0.25) is 5.02 Å². The lowest BCUT2D eigenvalue weighted by Crippen LogP contribution is -2.39. The molecule has 1 unspecified atom stereocenters. The van der Waals surface area contributed by atoms with Gasteiger partial charge in [0.05, 0.1) is 13.2 Å². The Hall–Kier alpha value is -0.570. The molecule has 0 spiro atoms. The highest BCUT2D eigenvalue weighted by molar-refractivity contribution is 6.30. The van der Waals surface area contributed by atoms with E-state index in [1.807, 2.05) is 18.2 Å². The van der Waals surface area contributed by atoms with Gasteiger partial charge in [-0.2, -0.15) is 0 Å². The van der Waals surface area contributed by atoms with E-state index in [9.17, 15) is 0 Å². The summed E-state index contributed by atoms with van der Waals surface area (Å²) in [5, 5.41) is 0.780. The Morgan fingerprint density at radius 2 is 2.25 bits per heavy atom. The van der Waals surface area contributed by atoms with E-state index < -0.39 is 0 Å². The van der Waals surface area contributed by atoms with Crippen molar-refractivity contribution in [1.82, 2.24) is 0 Å². The van der Waals surface area contributed by atoms with Crippen LogP contribution in [0.1, 0.15) is 18.9 Å². The molecule has 3 heteroatoms. The van der Waals surface area contributed by atoms with Crippen molar-refractivity contribution in [3.63, 3.8) is 0 Å². The predicted molar refractivity (Wildman–Crippen MR) is 66.8 cm³/mol. The van der Waals surface area contributed by atoms with E-state index in [1.54, 1.807) is 0 Å². The van der Waals surface area contributed by atoms with Gasteiger partial charge in [-0.05, 0) is 24.1 Å². The Balaban J connectivity index is 2.18. The van der Waals surface area contributed by atoms with Crippen LogP contribution in [0.15, 0.2) is 24.3 Å². The molecule has 1 atom stereocenters. The average Bonchev–Trinajstić information content (AvgIpc) is 2.23. The second kappa shape index (κ2) is 4.74. The highest BCUT2D eigenvalue weighted by atomic mass is 35.5. The first kappa shape index (κ1) is 11.9. The van der Waals surface area contributed by atoms with Crippen molar-refractivity contribution in [1.29, 1.82) is 0 Å². The number of hydrogen-bond acceptors (Lipinski definition) is 2. The summed E-state index contributed by atoms with van der Waals surface area (Å²) in [7, 11) is 0. The minimum absolute atomic E-state index is 0.0132. The second-order valence-electron chi connectivity index (χ2n) is 4.88. The molecule has 1 aliphatic rings. The summed E-state index contributed by atoms with van der Waals surface area (Å²) in [6.45, 7) is 4.59. The molecule has 1 saturated heterocycles. The summed E-state index contributed by atoms with van der Waals surface area (Å²) in [5.41, 5.74) is 7.18.